The van der Waals surface area contributed by atoms with Gasteiger partial charge in [-0.3, -0.25) is 28.8 Å². The molecule has 6 unspecified atom stereocenters. The van der Waals surface area contributed by atoms with Crippen molar-refractivity contribution in [1.82, 2.24) is 37.2 Å². The van der Waals surface area contributed by atoms with Crippen molar-refractivity contribution in [2.24, 2.45) is 11.5 Å². The number of likely N-dealkylation sites (N-methyl/N-ethyl adjacent to an activating group) is 1. The first-order valence-corrected chi connectivity index (χ1v) is 26.8. The van der Waals surface area contributed by atoms with Crippen molar-refractivity contribution < 1.29 is 73.3 Å². The van der Waals surface area contributed by atoms with Crippen LogP contribution in [0.15, 0.2) is 78.9 Å². The fraction of sp³-hybridized carbons (Fsp3) is 0.339. The number of carbonyl (C=O) groups is 7. The molecular formula is C56H61Cl2N9O15. The second kappa shape index (κ2) is 26.0. The van der Waals surface area contributed by atoms with E-state index in [-0.39, 0.29) is 80.7 Å². The number of fused-ring (bicyclic) bond motifs is 15. The molecule has 5 heterocycles. The van der Waals surface area contributed by atoms with Crippen molar-refractivity contribution in [1.29, 1.82) is 0 Å². The summed E-state index contributed by atoms with van der Waals surface area (Å²) in [4.78, 5) is 102. The van der Waals surface area contributed by atoms with E-state index in [1.807, 2.05) is 0 Å². The van der Waals surface area contributed by atoms with E-state index in [0.29, 0.717) is 37.8 Å². The highest BCUT2D eigenvalue weighted by atomic mass is 35.5. The van der Waals surface area contributed by atoms with Gasteiger partial charge in [0.2, 0.25) is 41.2 Å². The first-order valence-electron chi connectivity index (χ1n) is 26.1. The lowest BCUT2D eigenvalue weighted by Crippen LogP contribution is -2.57. The number of unbranched alkanes of at least 4 members (excludes halogenated alkanes) is 2. The Bertz CT molecular complexity index is 3310. The van der Waals surface area contributed by atoms with Gasteiger partial charge in [0.25, 0.3) is 0 Å². The van der Waals surface area contributed by atoms with Gasteiger partial charge in [-0.15, -0.1) is 0 Å². The largest absolute Gasteiger partial charge is 0.508 e. The van der Waals surface area contributed by atoms with E-state index in [9.17, 15) is 44.7 Å². The number of hydrogen-bond donors (Lipinski definition) is 14. The SMILES string of the molecule is CN[C@H](CCCCN)C(=O)NC1Cc2ccc(c(Cl)c2)Oc2cc3cc(c2O)Oc2ccc(cc2Cl)C(O)C2NC(=O)C(NC(=O)C3NC(=O)[C@H](CCCCN)NC1=O)c1ccc(O)c(c1)-c1c(O)cc(O)cc1C(C(=O)OC)NC2=O. The van der Waals surface area contributed by atoms with Gasteiger partial charge in [0.05, 0.1) is 23.2 Å². The minimum absolute atomic E-state index is 0.0338. The van der Waals surface area contributed by atoms with Crippen molar-refractivity contribution in [3.05, 3.63) is 117 Å². The molecule has 24 nitrogen and oxygen atoms in total. The molecule has 0 aromatic heterocycles. The number of phenolic OH excluding ortho intramolecular Hbond substituents is 4. The van der Waals surface area contributed by atoms with Crippen molar-refractivity contribution in [2.75, 3.05) is 27.2 Å². The van der Waals surface area contributed by atoms with Crippen LogP contribution in [0.25, 0.3) is 11.1 Å². The molecule has 8 atom stereocenters. The van der Waals surface area contributed by atoms with E-state index >= 15 is 14.4 Å². The Hall–Kier alpha value is -8.39. The number of methoxy groups -OCH3 is 1. The number of esters is 1. The molecule has 26 heteroatoms. The maximum absolute atomic E-state index is 15.5. The van der Waals surface area contributed by atoms with Gasteiger partial charge in [0.1, 0.15) is 65.1 Å². The van der Waals surface area contributed by atoms with Gasteiger partial charge in [0, 0.05) is 29.2 Å². The zero-order valence-electron chi connectivity index (χ0n) is 44.2. The molecule has 0 spiro atoms. The summed E-state index contributed by atoms with van der Waals surface area (Å²) in [7, 11) is 2.58. The lowest BCUT2D eigenvalue weighted by atomic mass is 9.89. The maximum atomic E-state index is 15.5. The molecule has 0 fully saturated rings. The Morgan fingerprint density at radius 1 is 0.683 bits per heavy atom. The van der Waals surface area contributed by atoms with Crippen molar-refractivity contribution in [3.8, 4) is 57.1 Å². The van der Waals surface area contributed by atoms with E-state index in [0.717, 1.165) is 37.4 Å². The number of aliphatic hydroxyl groups excluding tert-OH is 1. The average Bonchev–Trinajstić information content (AvgIpc) is 3.49. The smallest absolute Gasteiger partial charge is 0.333 e. The molecule has 16 N–H and O–H groups in total. The predicted octanol–water partition coefficient (Wildman–Crippen LogP) is 3.33. The van der Waals surface area contributed by atoms with Gasteiger partial charge in [-0.25, -0.2) is 4.79 Å². The molecule has 0 aliphatic carbocycles. The van der Waals surface area contributed by atoms with Crippen molar-refractivity contribution in [2.45, 2.75) is 93.3 Å². The van der Waals surface area contributed by atoms with Crippen LogP contribution >= 0.6 is 23.2 Å². The van der Waals surface area contributed by atoms with Crippen LogP contribution in [0.5, 0.6) is 46.0 Å². The summed E-state index contributed by atoms with van der Waals surface area (Å²) in [6, 6.07) is 4.44. The molecule has 82 heavy (non-hydrogen) atoms. The van der Waals surface area contributed by atoms with Gasteiger partial charge < -0.3 is 88.4 Å². The number of hydrogen-bond acceptors (Lipinski definition) is 18. The minimum atomic E-state index is -2.08. The molecule has 5 aromatic rings. The number of aromatic hydroxyl groups is 4. The third-order valence-electron chi connectivity index (χ3n) is 14.2. The molecule has 0 radical (unpaired) electrons. The highest BCUT2D eigenvalue weighted by Gasteiger charge is 2.41. The van der Waals surface area contributed by atoms with Gasteiger partial charge >= 0.3 is 5.97 Å². The number of phenols is 4. The van der Waals surface area contributed by atoms with E-state index in [1.165, 1.54) is 42.5 Å². The standard InChI is InChI=1S/C56H61Cl2N9O15/c1-61-34(7-3-5-15-59)50(73)63-36-18-25-9-13-39(32(57)17-25)81-41-21-28-22-42(49(41)72)82-40-14-11-27(20-33(40)58)48(71)47-55(78)66-46(56(79)80-2)31-23-29(68)24-38(70)43(31)30-19-26(10-12-37(30)69)44(53(76)67-47)65-54(77)45(28)64-51(74)35(62-52(36)75)8-4-6-16-60/h9-14,17,19-24,34-36,44-48,61,68-72H,3-8,15-16,18,59-60H2,1-2H3,(H,62,75)(H,63,73)(H,64,74)(H,65,77)(H,66,78)(H,67,76)/t34-,35+,36?,44?,45?,46?,47?,48?/m1/s1. The van der Waals surface area contributed by atoms with E-state index < -0.39 is 124 Å². The van der Waals surface area contributed by atoms with Crippen molar-refractivity contribution in [3.63, 3.8) is 0 Å². The summed E-state index contributed by atoms with van der Waals surface area (Å²) in [5.41, 5.74) is 10.6. The molecule has 11 bridgehead atoms. The van der Waals surface area contributed by atoms with Crippen LogP contribution in [0.3, 0.4) is 0 Å². The Morgan fingerprint density at radius 3 is 1.98 bits per heavy atom. The molecule has 5 aromatic carbocycles. The number of nitrogens with one attached hydrogen (secondary N) is 7. The van der Waals surface area contributed by atoms with Crippen LogP contribution in [0.1, 0.15) is 90.6 Å². The quantitative estimate of drug-likeness (QED) is 0.0629. The molecule has 5 aliphatic heterocycles. The predicted molar refractivity (Wildman–Crippen MR) is 296 cm³/mol. The van der Waals surface area contributed by atoms with Crippen molar-refractivity contribution >= 4 is 64.6 Å². The lowest BCUT2D eigenvalue weighted by molar-refractivity contribution is -0.146. The summed E-state index contributed by atoms with van der Waals surface area (Å²) < 4.78 is 17.5. The van der Waals surface area contributed by atoms with E-state index in [4.69, 9.17) is 48.9 Å². The highest BCUT2D eigenvalue weighted by Crippen LogP contribution is 2.47. The van der Waals surface area contributed by atoms with Gasteiger partial charge in [-0.05, 0) is 129 Å². The van der Waals surface area contributed by atoms with Gasteiger partial charge in [-0.2, -0.15) is 0 Å². The zero-order valence-corrected chi connectivity index (χ0v) is 45.7. The summed E-state index contributed by atoms with van der Waals surface area (Å²) in [6.07, 6.45) is 0.0153. The summed E-state index contributed by atoms with van der Waals surface area (Å²) in [6.45, 7) is 0.602. The number of carbonyl (C=O) groups excluding carboxylic acids is 7. The molecule has 434 valence electrons. The number of nitrogens with two attached hydrogens (primary N) is 2. The second-order valence-corrected chi connectivity index (χ2v) is 20.6. The first-order chi connectivity index (χ1) is 39.2. The van der Waals surface area contributed by atoms with Crippen LogP contribution < -0.4 is 58.2 Å². The lowest BCUT2D eigenvalue weighted by Gasteiger charge is -2.31. The molecule has 0 saturated heterocycles. The number of ether oxygens (including phenoxy) is 3. The monoisotopic (exact) mass is 1170 g/mol. The highest BCUT2D eigenvalue weighted by molar-refractivity contribution is 6.32. The Labute approximate surface area is 479 Å². The fourth-order valence-corrected chi connectivity index (χ4v) is 10.3. The molecule has 5 aliphatic rings. The molecule has 0 saturated carbocycles. The number of rotatable bonds is 12. The van der Waals surface area contributed by atoms with Crippen LogP contribution in [0.2, 0.25) is 10.0 Å². The zero-order chi connectivity index (χ0) is 59.1. The number of aliphatic hydroxyl groups is 1. The fourth-order valence-electron chi connectivity index (χ4n) is 9.84. The number of amides is 6. The molecular weight excluding hydrogens is 1110 g/mol. The topological polar surface area (TPSA) is 385 Å². The Kier molecular flexibility index (Phi) is 19.0. The summed E-state index contributed by atoms with van der Waals surface area (Å²) >= 11 is 13.7. The third-order valence-corrected chi connectivity index (χ3v) is 14.8. The molecule has 10 rings (SSSR count). The van der Waals surface area contributed by atoms with E-state index in [2.05, 4.69) is 37.2 Å². The molecule has 6 amide bonds. The first kappa shape index (κ1) is 59.7. The Balaban J connectivity index is 1.34. The normalized spacial score (nSPS) is 21.2. The maximum Gasteiger partial charge on any atom is 0.333 e. The van der Waals surface area contributed by atoms with Gasteiger partial charge in [-0.1, -0.05) is 47.8 Å². The third kappa shape index (κ3) is 13.2. The van der Waals surface area contributed by atoms with Crippen LogP contribution in [-0.2, 0) is 44.7 Å². The van der Waals surface area contributed by atoms with Crippen LogP contribution in [0, 0.1) is 0 Å². The second-order valence-electron chi connectivity index (χ2n) is 19.7. The van der Waals surface area contributed by atoms with Crippen LogP contribution in [-0.4, -0.2) is 118 Å². The average molecular weight is 1170 g/mol. The van der Waals surface area contributed by atoms with Gasteiger partial charge in [0.15, 0.2) is 17.5 Å². The minimum Gasteiger partial charge on any atom is -0.508 e. The summed E-state index contributed by atoms with van der Waals surface area (Å²) in [5, 5.41) is 76.3. The number of benzene rings is 5. The van der Waals surface area contributed by atoms with E-state index in [1.54, 1.807) is 13.1 Å². The Morgan fingerprint density at radius 2 is 1.32 bits per heavy atom. The summed E-state index contributed by atoms with van der Waals surface area (Å²) in [5.74, 6) is -10.8. The van der Waals surface area contributed by atoms with Crippen LogP contribution in [0.4, 0.5) is 0 Å². The number of halogens is 2.